The molecule has 0 aliphatic carbocycles. The summed E-state index contributed by atoms with van der Waals surface area (Å²) in [6.45, 7) is 24.9. The molecular formula is C24H46O5Si2. The zero-order chi connectivity index (χ0) is 24.7. The van der Waals surface area contributed by atoms with Crippen LogP contribution in [0.3, 0.4) is 0 Å². The van der Waals surface area contributed by atoms with E-state index >= 15 is 0 Å². The SMILES string of the molecule is CC(=O)OC(C)/C=C/CC(C)(C)[Si](C)(C)O[Si](C)(C)C(C)(C)C/C=C/C(C)OC(C)=O. The van der Waals surface area contributed by atoms with E-state index in [1.165, 1.54) is 13.8 Å². The van der Waals surface area contributed by atoms with Gasteiger partial charge in [0, 0.05) is 13.8 Å². The number of rotatable bonds is 12. The lowest BCUT2D eigenvalue weighted by molar-refractivity contribution is -0.144. The molecule has 0 bridgehead atoms. The van der Waals surface area contributed by atoms with Crippen LogP contribution in [0.2, 0.25) is 36.3 Å². The van der Waals surface area contributed by atoms with Crippen LogP contribution in [0, 0.1) is 0 Å². The highest BCUT2D eigenvalue weighted by Gasteiger charge is 2.49. The molecule has 7 heteroatoms. The predicted molar refractivity (Wildman–Crippen MR) is 134 cm³/mol. The molecule has 0 aromatic rings. The molecule has 0 aromatic heterocycles. The van der Waals surface area contributed by atoms with Crippen molar-refractivity contribution in [2.24, 2.45) is 0 Å². The topological polar surface area (TPSA) is 61.8 Å². The molecule has 0 radical (unpaired) electrons. The van der Waals surface area contributed by atoms with E-state index in [0.717, 1.165) is 12.8 Å². The van der Waals surface area contributed by atoms with Gasteiger partial charge in [0.2, 0.25) is 0 Å². The predicted octanol–water partition coefficient (Wildman–Crippen LogP) is 6.77. The van der Waals surface area contributed by atoms with Crippen LogP contribution in [0.25, 0.3) is 0 Å². The van der Waals surface area contributed by atoms with Crippen molar-refractivity contribution in [1.82, 2.24) is 0 Å². The Kier molecular flexibility index (Phi) is 11.2. The van der Waals surface area contributed by atoms with E-state index in [0.29, 0.717) is 0 Å². The van der Waals surface area contributed by atoms with E-state index in [9.17, 15) is 9.59 Å². The number of ether oxygens (including phenoxy) is 2. The minimum Gasteiger partial charge on any atom is -0.459 e. The van der Waals surface area contributed by atoms with Crippen LogP contribution in [0.15, 0.2) is 24.3 Å². The highest BCUT2D eigenvalue weighted by atomic mass is 28.4. The van der Waals surface area contributed by atoms with Crippen molar-refractivity contribution in [3.05, 3.63) is 24.3 Å². The fourth-order valence-electron chi connectivity index (χ4n) is 3.12. The highest BCUT2D eigenvalue weighted by Crippen LogP contribution is 2.48. The van der Waals surface area contributed by atoms with Gasteiger partial charge in [-0.2, -0.15) is 0 Å². The zero-order valence-electron chi connectivity index (χ0n) is 21.9. The maximum Gasteiger partial charge on any atom is 0.303 e. The van der Waals surface area contributed by atoms with Crippen LogP contribution in [0.4, 0.5) is 0 Å². The van der Waals surface area contributed by atoms with Crippen LogP contribution in [-0.4, -0.2) is 40.8 Å². The second-order valence-electron chi connectivity index (χ2n) is 10.8. The Hall–Kier alpha value is -1.19. The minimum atomic E-state index is -2.05. The Morgan fingerprint density at radius 1 is 0.742 bits per heavy atom. The summed E-state index contributed by atoms with van der Waals surface area (Å²) in [6, 6.07) is 0. The van der Waals surface area contributed by atoms with Crippen molar-refractivity contribution in [2.75, 3.05) is 0 Å². The summed E-state index contributed by atoms with van der Waals surface area (Å²) in [6.07, 6.45) is 9.46. The number of esters is 2. The highest BCUT2D eigenvalue weighted by molar-refractivity contribution is 6.87. The van der Waals surface area contributed by atoms with E-state index in [1.54, 1.807) is 0 Å². The van der Waals surface area contributed by atoms with Crippen LogP contribution in [-0.2, 0) is 23.2 Å². The van der Waals surface area contributed by atoms with Gasteiger partial charge in [-0.05, 0) is 75.1 Å². The van der Waals surface area contributed by atoms with Crippen molar-refractivity contribution >= 4 is 28.6 Å². The molecule has 0 amide bonds. The zero-order valence-corrected chi connectivity index (χ0v) is 23.9. The smallest absolute Gasteiger partial charge is 0.303 e. The summed E-state index contributed by atoms with van der Waals surface area (Å²) in [5.41, 5.74) is 0. The van der Waals surface area contributed by atoms with Crippen LogP contribution >= 0.6 is 0 Å². The summed E-state index contributed by atoms with van der Waals surface area (Å²) in [5, 5.41) is 0.0545. The number of carbonyl (C=O) groups excluding carboxylic acids is 2. The maximum atomic E-state index is 11.1. The van der Waals surface area contributed by atoms with E-state index in [2.05, 4.69) is 66.0 Å². The molecule has 31 heavy (non-hydrogen) atoms. The van der Waals surface area contributed by atoms with Gasteiger partial charge in [-0.15, -0.1) is 0 Å². The summed E-state index contributed by atoms with van der Waals surface area (Å²) in [5.74, 6) is -0.526. The first-order valence-electron chi connectivity index (χ1n) is 11.2. The Morgan fingerprint density at radius 2 is 1.03 bits per heavy atom. The fraction of sp³-hybridized carbons (Fsp3) is 0.750. The summed E-state index contributed by atoms with van der Waals surface area (Å²) < 4.78 is 17.4. The van der Waals surface area contributed by atoms with Gasteiger partial charge < -0.3 is 13.6 Å². The lowest BCUT2D eigenvalue weighted by Crippen LogP contribution is -2.54. The summed E-state index contributed by atoms with van der Waals surface area (Å²) >= 11 is 0. The summed E-state index contributed by atoms with van der Waals surface area (Å²) in [7, 11) is -4.11. The van der Waals surface area contributed by atoms with Crippen molar-refractivity contribution < 1.29 is 23.2 Å². The monoisotopic (exact) mass is 470 g/mol. The molecular weight excluding hydrogens is 424 g/mol. The number of carbonyl (C=O) groups is 2. The quantitative estimate of drug-likeness (QED) is 0.179. The Bertz CT molecular complexity index is 607. The molecule has 0 rings (SSSR count). The lowest BCUT2D eigenvalue weighted by atomic mass is 10.1. The largest absolute Gasteiger partial charge is 0.459 e. The summed E-state index contributed by atoms with van der Waals surface area (Å²) in [4.78, 5) is 22.2. The third-order valence-electron chi connectivity index (χ3n) is 6.54. The van der Waals surface area contributed by atoms with Crippen LogP contribution < -0.4 is 0 Å². The second kappa shape index (κ2) is 11.6. The average Bonchev–Trinajstić information content (AvgIpc) is 2.51. The average molecular weight is 471 g/mol. The van der Waals surface area contributed by atoms with Gasteiger partial charge >= 0.3 is 11.9 Å². The van der Waals surface area contributed by atoms with E-state index in [1.807, 2.05) is 26.0 Å². The molecule has 0 aliphatic rings. The molecule has 0 aliphatic heterocycles. The van der Waals surface area contributed by atoms with Crippen LogP contribution in [0.1, 0.15) is 68.2 Å². The molecule has 0 saturated heterocycles. The normalized spacial score (nSPS) is 15.9. The molecule has 2 atom stereocenters. The number of hydrogen-bond donors (Lipinski definition) is 0. The molecule has 180 valence electrons. The van der Waals surface area contributed by atoms with Crippen molar-refractivity contribution in [2.45, 2.75) is 117 Å². The van der Waals surface area contributed by atoms with E-state index in [4.69, 9.17) is 13.6 Å². The van der Waals surface area contributed by atoms with Gasteiger partial charge in [0.15, 0.2) is 16.6 Å². The van der Waals surface area contributed by atoms with Crippen molar-refractivity contribution in [1.29, 1.82) is 0 Å². The van der Waals surface area contributed by atoms with Crippen molar-refractivity contribution in [3.8, 4) is 0 Å². The molecule has 0 fully saturated rings. The lowest BCUT2D eigenvalue weighted by Gasteiger charge is -2.49. The standard InChI is InChI=1S/C24H46O5Si2/c1-19(27-21(3)25)15-13-17-23(5,6)30(9,10)29-31(11,12)24(7,8)18-14-16-20(2)28-22(4)26/h13-16,19-20H,17-18H2,1-12H3/b15-13+,16-14+. The number of allylic oxidation sites excluding steroid dienone is 2. The second-order valence-corrected chi connectivity index (χ2v) is 20.3. The molecule has 0 heterocycles. The molecule has 2 unspecified atom stereocenters. The third kappa shape index (κ3) is 10.3. The Labute approximate surface area is 192 Å². The maximum absolute atomic E-state index is 11.1. The first kappa shape index (κ1) is 29.8. The molecule has 0 saturated carbocycles. The van der Waals surface area contributed by atoms with Gasteiger partial charge in [-0.25, -0.2) is 0 Å². The van der Waals surface area contributed by atoms with Gasteiger partial charge in [-0.3, -0.25) is 9.59 Å². The van der Waals surface area contributed by atoms with Crippen LogP contribution in [0.5, 0.6) is 0 Å². The Morgan fingerprint density at radius 3 is 1.29 bits per heavy atom. The first-order valence-corrected chi connectivity index (χ1v) is 17.0. The Balaban J connectivity index is 5.19. The molecule has 0 aromatic carbocycles. The molecule has 0 spiro atoms. The van der Waals surface area contributed by atoms with Gasteiger partial charge in [0.25, 0.3) is 0 Å². The van der Waals surface area contributed by atoms with Gasteiger partial charge in [-0.1, -0.05) is 39.8 Å². The minimum absolute atomic E-state index is 0.0273. The fourth-order valence-corrected chi connectivity index (χ4v) is 11.6. The number of hydrogen-bond acceptors (Lipinski definition) is 5. The van der Waals surface area contributed by atoms with Gasteiger partial charge in [0.1, 0.15) is 12.2 Å². The molecule has 0 N–H and O–H groups in total. The third-order valence-corrected chi connectivity index (χ3v) is 17.6. The van der Waals surface area contributed by atoms with E-state index in [-0.39, 0.29) is 34.2 Å². The first-order chi connectivity index (χ1) is 13.8. The van der Waals surface area contributed by atoms with Gasteiger partial charge in [0.05, 0.1) is 0 Å². The van der Waals surface area contributed by atoms with Crippen molar-refractivity contribution in [3.63, 3.8) is 0 Å². The van der Waals surface area contributed by atoms with E-state index < -0.39 is 16.6 Å². The molecule has 5 nitrogen and oxygen atoms in total.